The number of carbonyl (C=O) groups is 2. The molecule has 2 aromatic carbocycles. The minimum absolute atomic E-state index is 0.00251. The van der Waals surface area contributed by atoms with Gasteiger partial charge in [-0.15, -0.1) is 0 Å². The first kappa shape index (κ1) is 20.6. The summed E-state index contributed by atoms with van der Waals surface area (Å²) in [5.41, 5.74) is 1.53. The van der Waals surface area contributed by atoms with Crippen LogP contribution in [0.25, 0.3) is 21.9 Å². The highest BCUT2D eigenvalue weighted by Gasteiger charge is 2.23. The molecular weight excluding hydrogens is 372 g/mol. The fourth-order valence-electron chi connectivity index (χ4n) is 3.73. The molecule has 0 saturated heterocycles. The number of hydrogen-bond donors (Lipinski definition) is 2. The molecule has 29 heavy (non-hydrogen) atoms. The van der Waals surface area contributed by atoms with Crippen LogP contribution in [0, 0.1) is 11.8 Å². The molecule has 0 spiro atoms. The van der Waals surface area contributed by atoms with E-state index in [4.69, 9.17) is 4.42 Å². The Bertz CT molecular complexity index is 1180. The molecule has 0 radical (unpaired) electrons. The van der Waals surface area contributed by atoms with Crippen molar-refractivity contribution in [1.29, 1.82) is 0 Å². The van der Waals surface area contributed by atoms with Crippen molar-refractivity contribution in [3.63, 3.8) is 0 Å². The fraction of sp³-hybridized carbons (Fsp3) is 0.348. The highest BCUT2D eigenvalue weighted by Crippen LogP contribution is 2.31. The zero-order chi connectivity index (χ0) is 21.5. The third kappa shape index (κ3) is 3.88. The van der Waals surface area contributed by atoms with Crippen molar-refractivity contribution in [2.24, 2.45) is 11.8 Å². The highest BCUT2D eigenvalue weighted by atomic mass is 16.4. The topological polar surface area (TPSA) is 105 Å². The summed E-state index contributed by atoms with van der Waals surface area (Å²) in [4.78, 5) is 36.6. The van der Waals surface area contributed by atoms with Crippen LogP contribution < -0.4 is 5.43 Å². The van der Waals surface area contributed by atoms with Gasteiger partial charge in [-0.05, 0) is 60.1 Å². The number of fused-ring (bicyclic) bond motifs is 2. The highest BCUT2D eigenvalue weighted by molar-refractivity contribution is 6.00. The molecule has 2 N–H and O–H groups in total. The molecule has 6 nitrogen and oxygen atoms in total. The number of hydrogen-bond acceptors (Lipinski definition) is 4. The van der Waals surface area contributed by atoms with Crippen LogP contribution >= 0.6 is 0 Å². The smallest absolute Gasteiger partial charge is 0.336 e. The largest absolute Gasteiger partial charge is 0.478 e. The first-order valence-corrected chi connectivity index (χ1v) is 9.62. The van der Waals surface area contributed by atoms with Crippen LogP contribution in [0.1, 0.15) is 59.5 Å². The van der Waals surface area contributed by atoms with Gasteiger partial charge in [0.1, 0.15) is 11.2 Å². The second-order valence-electron chi connectivity index (χ2n) is 8.20. The van der Waals surface area contributed by atoms with Gasteiger partial charge in [-0.3, -0.25) is 4.79 Å². The Kier molecular flexibility index (Phi) is 5.46. The molecule has 1 aromatic heterocycles. The van der Waals surface area contributed by atoms with Crippen LogP contribution in [-0.2, 0) is 12.8 Å². The van der Waals surface area contributed by atoms with E-state index < -0.39 is 11.9 Å². The quantitative estimate of drug-likeness (QED) is 0.583. The minimum atomic E-state index is -1.13. The van der Waals surface area contributed by atoms with Crippen LogP contribution in [-0.4, -0.2) is 22.2 Å². The van der Waals surface area contributed by atoms with Crippen molar-refractivity contribution in [2.75, 3.05) is 0 Å². The van der Waals surface area contributed by atoms with E-state index in [2.05, 4.69) is 0 Å². The Balaban J connectivity index is 2.49. The van der Waals surface area contributed by atoms with Crippen LogP contribution in [0.5, 0.6) is 0 Å². The number of carboxylic acid groups (broad SMARTS) is 2. The average molecular weight is 396 g/mol. The van der Waals surface area contributed by atoms with Gasteiger partial charge in [0.05, 0.1) is 21.9 Å². The van der Waals surface area contributed by atoms with Gasteiger partial charge in [-0.2, -0.15) is 0 Å². The summed E-state index contributed by atoms with van der Waals surface area (Å²) >= 11 is 0. The first-order chi connectivity index (χ1) is 13.6. The molecule has 3 rings (SSSR count). The Morgan fingerprint density at radius 1 is 0.897 bits per heavy atom. The molecule has 0 fully saturated rings. The van der Waals surface area contributed by atoms with E-state index in [0.717, 1.165) is 0 Å². The van der Waals surface area contributed by atoms with Gasteiger partial charge in [0.25, 0.3) is 0 Å². The van der Waals surface area contributed by atoms with Crippen molar-refractivity contribution >= 4 is 33.9 Å². The van der Waals surface area contributed by atoms with E-state index in [1.165, 1.54) is 24.3 Å². The van der Waals surface area contributed by atoms with E-state index in [1.54, 1.807) is 0 Å². The molecule has 0 aliphatic rings. The first-order valence-electron chi connectivity index (χ1n) is 9.62. The van der Waals surface area contributed by atoms with Gasteiger partial charge in [-0.25, -0.2) is 9.59 Å². The van der Waals surface area contributed by atoms with Gasteiger partial charge in [-0.1, -0.05) is 27.7 Å². The van der Waals surface area contributed by atoms with E-state index in [9.17, 15) is 24.6 Å². The lowest BCUT2D eigenvalue weighted by atomic mass is 9.86. The fourth-order valence-corrected chi connectivity index (χ4v) is 3.73. The van der Waals surface area contributed by atoms with Crippen LogP contribution in [0.3, 0.4) is 0 Å². The van der Waals surface area contributed by atoms with Gasteiger partial charge in [0.2, 0.25) is 5.43 Å². The Morgan fingerprint density at radius 3 is 2.07 bits per heavy atom. The summed E-state index contributed by atoms with van der Waals surface area (Å²) in [6.45, 7) is 8.04. The maximum absolute atomic E-state index is 13.3. The van der Waals surface area contributed by atoms with E-state index in [1.807, 2.05) is 27.7 Å². The Morgan fingerprint density at radius 2 is 1.52 bits per heavy atom. The summed E-state index contributed by atoms with van der Waals surface area (Å²) in [7, 11) is 0. The molecule has 1 heterocycles. The molecular formula is C23H24O6. The molecule has 0 amide bonds. The van der Waals surface area contributed by atoms with Gasteiger partial charge in [0, 0.05) is 0 Å². The average Bonchev–Trinajstić information content (AvgIpc) is 2.61. The minimum Gasteiger partial charge on any atom is -0.478 e. The number of benzene rings is 2. The molecule has 0 atom stereocenters. The van der Waals surface area contributed by atoms with E-state index >= 15 is 0 Å². The van der Waals surface area contributed by atoms with Crippen molar-refractivity contribution in [2.45, 2.75) is 40.5 Å². The molecule has 0 aliphatic heterocycles. The summed E-state index contributed by atoms with van der Waals surface area (Å²) in [6, 6.07) is 5.52. The molecule has 6 heteroatoms. The predicted molar refractivity (Wildman–Crippen MR) is 111 cm³/mol. The molecule has 0 saturated carbocycles. The van der Waals surface area contributed by atoms with Crippen molar-refractivity contribution in [3.8, 4) is 0 Å². The number of rotatable bonds is 6. The molecule has 152 valence electrons. The lowest BCUT2D eigenvalue weighted by Crippen LogP contribution is -2.15. The molecule has 0 bridgehead atoms. The lowest BCUT2D eigenvalue weighted by Gasteiger charge is -2.19. The van der Waals surface area contributed by atoms with E-state index in [-0.39, 0.29) is 44.9 Å². The van der Waals surface area contributed by atoms with Crippen molar-refractivity contribution < 1.29 is 24.2 Å². The maximum atomic E-state index is 13.3. The van der Waals surface area contributed by atoms with Crippen molar-refractivity contribution in [3.05, 3.63) is 56.7 Å². The van der Waals surface area contributed by atoms with Crippen LogP contribution in [0.4, 0.5) is 0 Å². The number of carboxylic acids is 2. The van der Waals surface area contributed by atoms with Gasteiger partial charge in [0.15, 0.2) is 0 Å². The predicted octanol–water partition coefficient (Wildman–Crippen LogP) is 4.74. The monoisotopic (exact) mass is 396 g/mol. The lowest BCUT2D eigenvalue weighted by molar-refractivity contribution is 0.0685. The summed E-state index contributed by atoms with van der Waals surface area (Å²) < 4.78 is 5.86. The molecule has 0 aliphatic carbocycles. The van der Waals surface area contributed by atoms with Crippen LogP contribution in [0.15, 0.2) is 33.5 Å². The number of aromatic carboxylic acids is 2. The third-order valence-electron chi connectivity index (χ3n) is 4.89. The normalized spacial score (nSPS) is 11.7. The van der Waals surface area contributed by atoms with Crippen molar-refractivity contribution in [1.82, 2.24) is 0 Å². The van der Waals surface area contributed by atoms with E-state index in [0.29, 0.717) is 29.4 Å². The van der Waals surface area contributed by atoms with Crippen LogP contribution in [0.2, 0.25) is 0 Å². The SMILES string of the molecule is CC(C)Cc1c(C(=O)O)cc2oc3cc(C(=O)O)ccc3c(=O)c2c1CC(C)C. The Labute approximate surface area is 167 Å². The second kappa shape index (κ2) is 7.70. The zero-order valence-corrected chi connectivity index (χ0v) is 16.9. The molecule has 3 aromatic rings. The summed E-state index contributed by atoms with van der Waals surface area (Å²) in [5, 5.41) is 19.7. The third-order valence-corrected chi connectivity index (χ3v) is 4.89. The van der Waals surface area contributed by atoms with Gasteiger partial charge >= 0.3 is 11.9 Å². The second-order valence-corrected chi connectivity index (χ2v) is 8.20. The summed E-state index contributed by atoms with van der Waals surface area (Å²) in [6.07, 6.45) is 1.08. The Hall–Kier alpha value is -3.15. The summed E-state index contributed by atoms with van der Waals surface area (Å²) in [5.74, 6) is -1.79. The zero-order valence-electron chi connectivity index (χ0n) is 16.9. The maximum Gasteiger partial charge on any atom is 0.336 e. The standard InChI is InChI=1S/C23H24O6/c1-11(2)7-15-16(8-12(3)4)20-19(10-17(15)23(27)28)29-18-9-13(22(25)26)5-6-14(18)21(20)24/h5-6,9-12H,7-8H2,1-4H3,(H,25,26)(H,27,28). The van der Waals surface area contributed by atoms with Gasteiger partial charge < -0.3 is 14.6 Å². The molecule has 0 unspecified atom stereocenters.